The molecular weight excluding hydrogens is 132 g/mol. The lowest BCUT2D eigenvalue weighted by molar-refractivity contribution is 0.598. The fourth-order valence-corrected chi connectivity index (χ4v) is 0.987. The van der Waals surface area contributed by atoms with Gasteiger partial charge < -0.3 is 0 Å². The van der Waals surface area contributed by atoms with Crippen LogP contribution >= 0.6 is 0 Å². The second-order valence-corrected chi connectivity index (χ2v) is 3.03. The van der Waals surface area contributed by atoms with Crippen molar-refractivity contribution in [3.8, 4) is 0 Å². The van der Waals surface area contributed by atoms with E-state index in [0.717, 1.165) is 5.92 Å². The van der Waals surface area contributed by atoms with Gasteiger partial charge in [0.2, 0.25) is 0 Å². The molecule has 0 aromatic heterocycles. The molecule has 0 N–H and O–H groups in total. The van der Waals surface area contributed by atoms with Crippen LogP contribution in [0.2, 0.25) is 0 Å². The highest BCUT2D eigenvalue weighted by Gasteiger charge is 1.93. The Morgan fingerprint density at radius 2 is 2.00 bits per heavy atom. The lowest BCUT2D eigenvalue weighted by atomic mass is 10.0. The van der Waals surface area contributed by atoms with Gasteiger partial charge in [-0.3, -0.25) is 0 Å². The van der Waals surface area contributed by atoms with Gasteiger partial charge in [-0.15, -0.1) is 0 Å². The van der Waals surface area contributed by atoms with E-state index >= 15 is 0 Å². The van der Waals surface area contributed by atoms with Crippen LogP contribution in [-0.2, 0) is 0 Å². The van der Waals surface area contributed by atoms with Gasteiger partial charge in [0, 0.05) is 0 Å². The lowest BCUT2D eigenvalue weighted by Crippen LogP contribution is -1.87. The number of rotatable bonds is 5. The Bertz CT molecular complexity index is 120. The second kappa shape index (κ2) is 7.59. The predicted octanol–water partition coefficient (Wildman–Crippen LogP) is 3.95. The second-order valence-electron chi connectivity index (χ2n) is 3.03. The van der Waals surface area contributed by atoms with Crippen LogP contribution in [0, 0.1) is 5.92 Å². The molecule has 0 aliphatic carbocycles. The molecule has 0 nitrogen and oxygen atoms in total. The molecular formula is C11H20. The molecule has 0 bridgehead atoms. The fourth-order valence-electron chi connectivity index (χ4n) is 0.987. The summed E-state index contributed by atoms with van der Waals surface area (Å²) >= 11 is 0. The number of hydrogen-bond donors (Lipinski definition) is 0. The van der Waals surface area contributed by atoms with Crippen molar-refractivity contribution < 1.29 is 0 Å². The van der Waals surface area contributed by atoms with Crippen LogP contribution in [0.15, 0.2) is 24.3 Å². The highest BCUT2D eigenvalue weighted by atomic mass is 14.0. The molecule has 0 spiro atoms. The van der Waals surface area contributed by atoms with E-state index in [4.69, 9.17) is 0 Å². The molecule has 0 heteroatoms. The normalized spacial score (nSPS) is 14.8. The maximum atomic E-state index is 2.27. The Morgan fingerprint density at radius 1 is 1.27 bits per heavy atom. The molecule has 0 rings (SSSR count). The minimum atomic E-state index is 0.742. The van der Waals surface area contributed by atoms with Crippen molar-refractivity contribution in [3.05, 3.63) is 24.3 Å². The Kier molecular flexibility index (Phi) is 7.23. The SMILES string of the molecule is C/C=C/C=C\C(C)CCCC. The average molecular weight is 152 g/mol. The first-order valence-electron chi connectivity index (χ1n) is 4.60. The summed E-state index contributed by atoms with van der Waals surface area (Å²) in [5, 5.41) is 0. The standard InChI is InChI=1S/C11H20/c1-4-6-8-10-11(3)9-7-5-2/h4,6,8,10-11H,5,7,9H2,1-3H3/b6-4+,10-8-. The first kappa shape index (κ1) is 10.5. The van der Waals surface area contributed by atoms with E-state index in [1.165, 1.54) is 19.3 Å². The van der Waals surface area contributed by atoms with Gasteiger partial charge in [-0.05, 0) is 19.3 Å². The van der Waals surface area contributed by atoms with E-state index in [2.05, 4.69) is 38.2 Å². The molecule has 0 aliphatic rings. The maximum absolute atomic E-state index is 2.27. The molecule has 0 saturated carbocycles. The van der Waals surface area contributed by atoms with Gasteiger partial charge in [0.05, 0.1) is 0 Å². The number of unbranched alkanes of at least 4 members (excludes halogenated alkanes) is 1. The van der Waals surface area contributed by atoms with Crippen molar-refractivity contribution in [3.63, 3.8) is 0 Å². The minimum absolute atomic E-state index is 0.742. The molecule has 11 heavy (non-hydrogen) atoms. The highest BCUT2D eigenvalue weighted by molar-refractivity contribution is 5.02. The third kappa shape index (κ3) is 7.38. The lowest BCUT2D eigenvalue weighted by Gasteiger charge is -2.02. The topological polar surface area (TPSA) is 0 Å². The van der Waals surface area contributed by atoms with E-state index in [9.17, 15) is 0 Å². The van der Waals surface area contributed by atoms with Gasteiger partial charge in [0.1, 0.15) is 0 Å². The molecule has 0 fully saturated rings. The van der Waals surface area contributed by atoms with Crippen LogP contribution in [0.25, 0.3) is 0 Å². The first-order chi connectivity index (χ1) is 5.31. The van der Waals surface area contributed by atoms with Crippen LogP contribution < -0.4 is 0 Å². The summed E-state index contributed by atoms with van der Waals surface area (Å²) in [5.41, 5.74) is 0. The first-order valence-corrected chi connectivity index (χ1v) is 4.60. The van der Waals surface area contributed by atoms with Gasteiger partial charge in [0.15, 0.2) is 0 Å². The van der Waals surface area contributed by atoms with Crippen molar-refractivity contribution in [2.45, 2.75) is 40.0 Å². The fraction of sp³-hybridized carbons (Fsp3) is 0.636. The molecule has 0 aromatic rings. The molecule has 1 unspecified atom stereocenters. The zero-order valence-electron chi connectivity index (χ0n) is 8.01. The Balaban J connectivity index is 3.42. The van der Waals surface area contributed by atoms with Crippen molar-refractivity contribution in [1.29, 1.82) is 0 Å². The highest BCUT2D eigenvalue weighted by Crippen LogP contribution is 2.08. The van der Waals surface area contributed by atoms with Crippen molar-refractivity contribution in [2.75, 3.05) is 0 Å². The molecule has 0 radical (unpaired) electrons. The monoisotopic (exact) mass is 152 g/mol. The molecule has 1 atom stereocenters. The Hall–Kier alpha value is -0.520. The van der Waals surface area contributed by atoms with Crippen molar-refractivity contribution >= 4 is 0 Å². The molecule has 0 aromatic carbocycles. The molecule has 0 heterocycles. The van der Waals surface area contributed by atoms with E-state index < -0.39 is 0 Å². The van der Waals surface area contributed by atoms with Crippen LogP contribution in [0.5, 0.6) is 0 Å². The Labute approximate surface area is 71.0 Å². The van der Waals surface area contributed by atoms with Crippen LogP contribution in [0.1, 0.15) is 40.0 Å². The van der Waals surface area contributed by atoms with E-state index in [1.54, 1.807) is 0 Å². The van der Waals surface area contributed by atoms with E-state index in [0.29, 0.717) is 0 Å². The smallest absolute Gasteiger partial charge is 0.0259 e. The summed E-state index contributed by atoms with van der Waals surface area (Å²) in [5.74, 6) is 0.742. The zero-order valence-corrected chi connectivity index (χ0v) is 8.01. The largest absolute Gasteiger partial charge is 0.0877 e. The predicted molar refractivity (Wildman–Crippen MR) is 52.6 cm³/mol. The average Bonchev–Trinajstić information content (AvgIpc) is 2.01. The zero-order chi connectivity index (χ0) is 8.53. The van der Waals surface area contributed by atoms with Crippen LogP contribution in [0.4, 0.5) is 0 Å². The summed E-state index contributed by atoms with van der Waals surface area (Å²) in [7, 11) is 0. The summed E-state index contributed by atoms with van der Waals surface area (Å²) < 4.78 is 0. The van der Waals surface area contributed by atoms with Gasteiger partial charge >= 0.3 is 0 Å². The summed E-state index contributed by atoms with van der Waals surface area (Å²) in [6.45, 7) is 6.55. The quantitative estimate of drug-likeness (QED) is 0.523. The Morgan fingerprint density at radius 3 is 2.55 bits per heavy atom. The van der Waals surface area contributed by atoms with E-state index in [1.807, 2.05) is 6.92 Å². The summed E-state index contributed by atoms with van der Waals surface area (Å²) in [4.78, 5) is 0. The summed E-state index contributed by atoms with van der Waals surface area (Å²) in [6, 6.07) is 0. The number of allylic oxidation sites excluding steroid dienone is 4. The van der Waals surface area contributed by atoms with Crippen LogP contribution in [0.3, 0.4) is 0 Å². The molecule has 0 amide bonds. The van der Waals surface area contributed by atoms with Gasteiger partial charge in [-0.25, -0.2) is 0 Å². The number of hydrogen-bond acceptors (Lipinski definition) is 0. The minimum Gasteiger partial charge on any atom is -0.0877 e. The third-order valence-electron chi connectivity index (χ3n) is 1.76. The van der Waals surface area contributed by atoms with E-state index in [-0.39, 0.29) is 0 Å². The maximum Gasteiger partial charge on any atom is -0.0259 e. The van der Waals surface area contributed by atoms with Crippen molar-refractivity contribution in [2.24, 2.45) is 5.92 Å². The molecule has 0 aliphatic heterocycles. The van der Waals surface area contributed by atoms with Crippen molar-refractivity contribution in [1.82, 2.24) is 0 Å². The third-order valence-corrected chi connectivity index (χ3v) is 1.76. The van der Waals surface area contributed by atoms with Crippen LogP contribution in [-0.4, -0.2) is 0 Å². The molecule has 64 valence electrons. The summed E-state index contributed by atoms with van der Waals surface area (Å²) in [6.07, 6.45) is 12.5. The van der Waals surface area contributed by atoms with Gasteiger partial charge in [-0.1, -0.05) is 51.0 Å². The van der Waals surface area contributed by atoms with Gasteiger partial charge in [0.25, 0.3) is 0 Å². The molecule has 0 saturated heterocycles. The van der Waals surface area contributed by atoms with Gasteiger partial charge in [-0.2, -0.15) is 0 Å².